The molecule has 0 spiro atoms. The van der Waals surface area contributed by atoms with E-state index in [1.54, 1.807) is 6.20 Å². The molecule has 0 saturated heterocycles. The lowest BCUT2D eigenvalue weighted by Crippen LogP contribution is -2.19. The first kappa shape index (κ1) is 18.4. The van der Waals surface area contributed by atoms with E-state index >= 15 is 0 Å². The predicted molar refractivity (Wildman–Crippen MR) is 103 cm³/mol. The first-order chi connectivity index (χ1) is 12.5. The minimum absolute atomic E-state index is 0.214. The van der Waals surface area contributed by atoms with Crippen LogP contribution in [0.4, 0.5) is 0 Å². The standard InChI is InChI=1S/C19H22N4O2S/c1-5-16(19(24)25-6-2)26-18-14-10-22-23(17(14)20-11-21-18)15-8-7-12(3)9-13(15)4/h7-11,16H,5-6H2,1-4H3/t16-/m1/s1. The Morgan fingerprint density at radius 1 is 1.27 bits per heavy atom. The van der Waals surface area contributed by atoms with E-state index in [0.717, 1.165) is 27.3 Å². The van der Waals surface area contributed by atoms with Crippen molar-refractivity contribution in [2.75, 3.05) is 6.61 Å². The Hall–Kier alpha value is -2.41. The number of carbonyl (C=O) groups excluding carboxylic acids is 1. The number of fused-ring (bicyclic) bond motifs is 1. The van der Waals surface area contributed by atoms with Gasteiger partial charge in [0.15, 0.2) is 5.65 Å². The highest BCUT2D eigenvalue weighted by molar-refractivity contribution is 8.00. The lowest BCUT2D eigenvalue weighted by molar-refractivity contribution is -0.142. The zero-order valence-electron chi connectivity index (χ0n) is 15.4. The molecule has 2 aromatic heterocycles. The summed E-state index contributed by atoms with van der Waals surface area (Å²) < 4.78 is 6.98. The first-order valence-corrected chi connectivity index (χ1v) is 9.52. The number of carbonyl (C=O) groups is 1. The molecule has 26 heavy (non-hydrogen) atoms. The maximum atomic E-state index is 12.1. The molecule has 7 heteroatoms. The average molecular weight is 370 g/mol. The Labute approximate surface area is 157 Å². The van der Waals surface area contributed by atoms with Gasteiger partial charge in [-0.05, 0) is 38.8 Å². The van der Waals surface area contributed by atoms with Crippen LogP contribution in [0.2, 0.25) is 0 Å². The maximum Gasteiger partial charge on any atom is 0.319 e. The molecule has 0 fully saturated rings. The van der Waals surface area contributed by atoms with Crippen LogP contribution in [0, 0.1) is 13.8 Å². The van der Waals surface area contributed by atoms with Crippen LogP contribution in [-0.2, 0) is 9.53 Å². The topological polar surface area (TPSA) is 69.9 Å². The van der Waals surface area contributed by atoms with Crippen LogP contribution in [0.5, 0.6) is 0 Å². The number of hydrogen-bond acceptors (Lipinski definition) is 6. The molecule has 136 valence electrons. The zero-order chi connectivity index (χ0) is 18.7. The molecule has 6 nitrogen and oxygen atoms in total. The van der Waals surface area contributed by atoms with Gasteiger partial charge in [0, 0.05) is 0 Å². The molecule has 2 heterocycles. The number of thioether (sulfide) groups is 1. The quantitative estimate of drug-likeness (QED) is 0.373. The van der Waals surface area contributed by atoms with Crippen LogP contribution in [0.15, 0.2) is 35.7 Å². The van der Waals surface area contributed by atoms with Gasteiger partial charge in [-0.1, -0.05) is 36.4 Å². The van der Waals surface area contributed by atoms with Crippen molar-refractivity contribution in [3.8, 4) is 5.69 Å². The third-order valence-electron chi connectivity index (χ3n) is 4.08. The highest BCUT2D eigenvalue weighted by Crippen LogP contribution is 2.31. The summed E-state index contributed by atoms with van der Waals surface area (Å²) in [6.07, 6.45) is 3.94. The largest absolute Gasteiger partial charge is 0.465 e. The van der Waals surface area contributed by atoms with Gasteiger partial charge in [0.2, 0.25) is 0 Å². The van der Waals surface area contributed by atoms with Crippen LogP contribution in [0.25, 0.3) is 16.7 Å². The number of esters is 1. The van der Waals surface area contributed by atoms with E-state index in [9.17, 15) is 4.79 Å². The molecule has 0 amide bonds. The van der Waals surface area contributed by atoms with Crippen molar-refractivity contribution in [2.45, 2.75) is 44.4 Å². The molecule has 0 bridgehead atoms. The van der Waals surface area contributed by atoms with Crippen LogP contribution in [0.1, 0.15) is 31.4 Å². The van der Waals surface area contributed by atoms with Gasteiger partial charge in [0.05, 0.1) is 23.9 Å². The third kappa shape index (κ3) is 3.58. The molecule has 0 N–H and O–H groups in total. The molecule has 0 saturated carbocycles. The van der Waals surface area contributed by atoms with Gasteiger partial charge >= 0.3 is 5.97 Å². The van der Waals surface area contributed by atoms with Crippen LogP contribution >= 0.6 is 11.8 Å². The summed E-state index contributed by atoms with van der Waals surface area (Å²) in [6, 6.07) is 6.22. The predicted octanol–water partition coefficient (Wildman–Crippen LogP) is 3.87. The van der Waals surface area contributed by atoms with Crippen molar-refractivity contribution in [3.05, 3.63) is 41.9 Å². The average Bonchev–Trinajstić information content (AvgIpc) is 3.04. The molecule has 0 aliphatic heterocycles. The van der Waals surface area contributed by atoms with Crippen molar-refractivity contribution >= 4 is 28.8 Å². The molecule has 0 unspecified atom stereocenters. The second kappa shape index (κ2) is 7.86. The number of aromatic nitrogens is 4. The number of ether oxygens (including phenoxy) is 1. The SMILES string of the molecule is CCOC(=O)[C@@H](CC)Sc1ncnc2c1cnn2-c1ccc(C)cc1C. The minimum atomic E-state index is -0.294. The molecular formula is C19H22N4O2S. The minimum Gasteiger partial charge on any atom is -0.465 e. The van der Waals surface area contributed by atoms with Crippen LogP contribution in [0.3, 0.4) is 0 Å². The Balaban J connectivity index is 2.00. The summed E-state index contributed by atoms with van der Waals surface area (Å²) in [5.74, 6) is -0.214. The Morgan fingerprint density at radius 2 is 2.08 bits per heavy atom. The normalized spacial score (nSPS) is 12.3. The molecule has 0 aliphatic rings. The molecule has 1 atom stereocenters. The fourth-order valence-corrected chi connectivity index (χ4v) is 3.78. The molecule has 3 rings (SSSR count). The first-order valence-electron chi connectivity index (χ1n) is 8.64. The zero-order valence-corrected chi connectivity index (χ0v) is 16.2. The van der Waals surface area contributed by atoms with Crippen LogP contribution in [-0.4, -0.2) is 37.6 Å². The number of rotatable bonds is 6. The second-order valence-electron chi connectivity index (χ2n) is 6.03. The van der Waals surface area contributed by atoms with Crippen molar-refractivity contribution in [1.29, 1.82) is 0 Å². The number of hydrogen-bond donors (Lipinski definition) is 0. The molecule has 1 aromatic carbocycles. The van der Waals surface area contributed by atoms with E-state index < -0.39 is 0 Å². The van der Waals surface area contributed by atoms with Gasteiger partial charge < -0.3 is 4.74 Å². The number of aryl methyl sites for hydroxylation is 2. The van der Waals surface area contributed by atoms with Gasteiger partial charge in [-0.25, -0.2) is 14.6 Å². The summed E-state index contributed by atoms with van der Waals surface area (Å²) in [6.45, 7) is 8.27. The summed E-state index contributed by atoms with van der Waals surface area (Å²) in [7, 11) is 0. The van der Waals surface area contributed by atoms with E-state index in [4.69, 9.17) is 4.74 Å². The Morgan fingerprint density at radius 3 is 2.77 bits per heavy atom. The molecular weight excluding hydrogens is 348 g/mol. The summed E-state index contributed by atoms with van der Waals surface area (Å²) in [5, 5.41) is 5.80. The highest BCUT2D eigenvalue weighted by atomic mass is 32.2. The van der Waals surface area contributed by atoms with Crippen molar-refractivity contribution in [3.63, 3.8) is 0 Å². The second-order valence-corrected chi connectivity index (χ2v) is 7.22. The van der Waals surface area contributed by atoms with E-state index in [1.807, 2.05) is 24.6 Å². The monoisotopic (exact) mass is 370 g/mol. The van der Waals surface area contributed by atoms with Gasteiger partial charge in [0.1, 0.15) is 16.6 Å². The van der Waals surface area contributed by atoms with Gasteiger partial charge in [-0.15, -0.1) is 0 Å². The van der Waals surface area contributed by atoms with Crippen molar-refractivity contribution < 1.29 is 9.53 Å². The van der Waals surface area contributed by atoms with E-state index in [0.29, 0.717) is 13.0 Å². The summed E-state index contributed by atoms with van der Waals surface area (Å²) >= 11 is 1.40. The summed E-state index contributed by atoms with van der Waals surface area (Å²) in [4.78, 5) is 20.9. The molecule has 3 aromatic rings. The van der Waals surface area contributed by atoms with Gasteiger partial charge in [-0.2, -0.15) is 5.10 Å². The fourth-order valence-electron chi connectivity index (χ4n) is 2.80. The maximum absolute atomic E-state index is 12.1. The van der Waals surface area contributed by atoms with E-state index in [2.05, 4.69) is 41.0 Å². The molecule has 0 aliphatic carbocycles. The van der Waals surface area contributed by atoms with E-state index in [-0.39, 0.29) is 11.2 Å². The lowest BCUT2D eigenvalue weighted by atomic mass is 10.1. The van der Waals surface area contributed by atoms with Gasteiger partial charge in [-0.3, -0.25) is 4.79 Å². The molecule has 0 radical (unpaired) electrons. The Bertz CT molecular complexity index is 938. The Kier molecular flexibility index (Phi) is 5.56. The van der Waals surface area contributed by atoms with Crippen LogP contribution < -0.4 is 0 Å². The number of nitrogens with zero attached hydrogens (tertiary/aromatic N) is 4. The third-order valence-corrected chi connectivity index (χ3v) is 5.44. The van der Waals surface area contributed by atoms with Gasteiger partial charge in [0.25, 0.3) is 0 Å². The summed E-state index contributed by atoms with van der Waals surface area (Å²) in [5.41, 5.74) is 4.04. The van der Waals surface area contributed by atoms with Crippen molar-refractivity contribution in [1.82, 2.24) is 19.7 Å². The van der Waals surface area contributed by atoms with E-state index in [1.165, 1.54) is 23.7 Å². The smallest absolute Gasteiger partial charge is 0.319 e. The highest BCUT2D eigenvalue weighted by Gasteiger charge is 2.22. The fraction of sp³-hybridized carbons (Fsp3) is 0.368. The number of benzene rings is 1. The van der Waals surface area contributed by atoms with Crippen molar-refractivity contribution in [2.24, 2.45) is 0 Å². The lowest BCUT2D eigenvalue weighted by Gasteiger charge is -2.13.